The summed E-state index contributed by atoms with van der Waals surface area (Å²) in [6.07, 6.45) is 0. The van der Waals surface area contributed by atoms with Crippen molar-refractivity contribution in [3.05, 3.63) is 24.3 Å². The number of hydrogen-bond acceptors (Lipinski definition) is 4. The van der Waals surface area contributed by atoms with Crippen LogP contribution in [0.2, 0.25) is 0 Å². The maximum Gasteiger partial charge on any atom is 0.281 e. The molecule has 1 saturated heterocycles. The molecule has 6 nitrogen and oxygen atoms in total. The Hall–Kier alpha value is -1.31. The van der Waals surface area contributed by atoms with Crippen molar-refractivity contribution in [1.29, 1.82) is 0 Å². The predicted molar refractivity (Wildman–Crippen MR) is 79.1 cm³/mol. The largest absolute Gasteiger partial charge is 0.508 e. The van der Waals surface area contributed by atoms with E-state index < -0.39 is 10.2 Å². The topological polar surface area (TPSA) is 64.1 Å². The summed E-state index contributed by atoms with van der Waals surface area (Å²) in [5.41, 5.74) is 0.922. The van der Waals surface area contributed by atoms with Crippen molar-refractivity contribution in [2.45, 2.75) is 6.92 Å². The average molecular weight is 299 g/mol. The van der Waals surface area contributed by atoms with E-state index in [1.54, 1.807) is 25.2 Å². The van der Waals surface area contributed by atoms with Crippen molar-refractivity contribution in [3.8, 4) is 5.75 Å². The van der Waals surface area contributed by atoms with Gasteiger partial charge in [0.05, 0.1) is 0 Å². The Labute approximate surface area is 120 Å². The Morgan fingerprint density at radius 1 is 1.25 bits per heavy atom. The van der Waals surface area contributed by atoms with E-state index in [1.807, 2.05) is 13.0 Å². The lowest BCUT2D eigenvalue weighted by molar-refractivity contribution is 0.346. The monoisotopic (exact) mass is 299 g/mol. The van der Waals surface area contributed by atoms with E-state index in [4.69, 9.17) is 0 Å². The van der Waals surface area contributed by atoms with Crippen molar-refractivity contribution < 1.29 is 13.5 Å². The molecule has 0 spiro atoms. The summed E-state index contributed by atoms with van der Waals surface area (Å²) < 4.78 is 27.3. The van der Waals surface area contributed by atoms with Gasteiger partial charge in [0.2, 0.25) is 0 Å². The molecule has 20 heavy (non-hydrogen) atoms. The van der Waals surface area contributed by atoms with Gasteiger partial charge in [0.15, 0.2) is 0 Å². The Morgan fingerprint density at radius 2 is 1.90 bits per heavy atom. The van der Waals surface area contributed by atoms with Gasteiger partial charge in [-0.3, -0.25) is 0 Å². The molecule has 1 fully saturated rings. The van der Waals surface area contributed by atoms with E-state index in [9.17, 15) is 13.5 Å². The van der Waals surface area contributed by atoms with Gasteiger partial charge < -0.3 is 10.0 Å². The van der Waals surface area contributed by atoms with Gasteiger partial charge in [-0.2, -0.15) is 17.0 Å². The summed E-state index contributed by atoms with van der Waals surface area (Å²) in [5, 5.41) is 9.49. The van der Waals surface area contributed by atoms with Crippen LogP contribution in [0.5, 0.6) is 5.75 Å². The van der Waals surface area contributed by atoms with E-state index in [0.29, 0.717) is 32.7 Å². The highest BCUT2D eigenvalue weighted by Crippen LogP contribution is 2.22. The second-order valence-corrected chi connectivity index (χ2v) is 6.86. The second kappa shape index (κ2) is 5.99. The molecule has 1 aliphatic heterocycles. The van der Waals surface area contributed by atoms with E-state index in [2.05, 4.69) is 4.90 Å². The standard InChI is InChI=1S/C13H21N3O3S/c1-3-14(2)20(18,19)16-9-7-15(8-10-16)12-5-4-6-13(17)11-12/h4-6,11,17H,3,7-10H2,1-2H3. The van der Waals surface area contributed by atoms with Crippen LogP contribution in [-0.4, -0.2) is 61.9 Å². The molecule has 0 saturated carbocycles. The van der Waals surface area contributed by atoms with Crippen molar-refractivity contribution in [2.24, 2.45) is 0 Å². The number of nitrogens with zero attached hydrogens (tertiary/aromatic N) is 3. The molecule has 0 atom stereocenters. The predicted octanol–water partition coefficient (Wildman–Crippen LogP) is 0.711. The van der Waals surface area contributed by atoms with Gasteiger partial charge in [0, 0.05) is 51.5 Å². The van der Waals surface area contributed by atoms with Crippen molar-refractivity contribution in [1.82, 2.24) is 8.61 Å². The van der Waals surface area contributed by atoms with Crippen molar-refractivity contribution in [3.63, 3.8) is 0 Å². The quantitative estimate of drug-likeness (QED) is 0.889. The molecular weight excluding hydrogens is 278 g/mol. The molecule has 7 heteroatoms. The molecule has 1 aliphatic rings. The first-order valence-electron chi connectivity index (χ1n) is 6.70. The summed E-state index contributed by atoms with van der Waals surface area (Å²) in [7, 11) is -1.74. The maximum atomic E-state index is 12.2. The molecule has 1 aromatic carbocycles. The van der Waals surface area contributed by atoms with Gasteiger partial charge in [-0.25, -0.2) is 0 Å². The van der Waals surface area contributed by atoms with Crippen LogP contribution in [-0.2, 0) is 10.2 Å². The highest BCUT2D eigenvalue weighted by atomic mass is 32.2. The smallest absolute Gasteiger partial charge is 0.281 e. The molecule has 0 aromatic heterocycles. The minimum atomic E-state index is -3.34. The summed E-state index contributed by atoms with van der Waals surface area (Å²) in [5.74, 6) is 0.225. The number of anilines is 1. The number of benzene rings is 1. The fraction of sp³-hybridized carbons (Fsp3) is 0.538. The molecule has 1 aromatic rings. The highest BCUT2D eigenvalue weighted by Gasteiger charge is 2.29. The van der Waals surface area contributed by atoms with Crippen molar-refractivity contribution >= 4 is 15.9 Å². The highest BCUT2D eigenvalue weighted by molar-refractivity contribution is 7.86. The first kappa shape index (κ1) is 15.1. The summed E-state index contributed by atoms with van der Waals surface area (Å²) >= 11 is 0. The van der Waals surface area contributed by atoms with E-state index in [0.717, 1.165) is 5.69 Å². The number of piperazine rings is 1. The number of hydrogen-bond donors (Lipinski definition) is 1. The second-order valence-electron chi connectivity index (χ2n) is 4.83. The minimum absolute atomic E-state index is 0.225. The molecule has 0 bridgehead atoms. The van der Waals surface area contributed by atoms with Crippen LogP contribution in [0, 0.1) is 0 Å². The van der Waals surface area contributed by atoms with Gasteiger partial charge in [-0.15, -0.1) is 0 Å². The zero-order valence-corrected chi connectivity index (χ0v) is 12.7. The van der Waals surface area contributed by atoms with Crippen LogP contribution in [0.15, 0.2) is 24.3 Å². The molecule has 0 unspecified atom stereocenters. The first-order chi connectivity index (χ1) is 9.45. The molecule has 0 radical (unpaired) electrons. The summed E-state index contributed by atoms with van der Waals surface area (Å²) in [4.78, 5) is 2.08. The van der Waals surface area contributed by atoms with Crippen LogP contribution >= 0.6 is 0 Å². The lowest BCUT2D eigenvalue weighted by atomic mass is 10.2. The Bertz CT molecular complexity index is 554. The Morgan fingerprint density at radius 3 is 2.45 bits per heavy atom. The van der Waals surface area contributed by atoms with Crippen LogP contribution in [0.4, 0.5) is 5.69 Å². The fourth-order valence-corrected chi connectivity index (χ4v) is 3.57. The molecule has 1 heterocycles. The molecule has 0 amide bonds. The molecule has 112 valence electrons. The SMILES string of the molecule is CCN(C)S(=O)(=O)N1CCN(c2cccc(O)c2)CC1. The number of rotatable bonds is 4. The number of phenols is 1. The van der Waals surface area contributed by atoms with Crippen LogP contribution in [0.1, 0.15) is 6.92 Å². The maximum absolute atomic E-state index is 12.2. The average Bonchev–Trinajstić information content (AvgIpc) is 2.46. The lowest BCUT2D eigenvalue weighted by Gasteiger charge is -2.36. The van der Waals surface area contributed by atoms with Crippen LogP contribution in [0.3, 0.4) is 0 Å². The van der Waals surface area contributed by atoms with Gasteiger partial charge in [-0.05, 0) is 12.1 Å². The Kier molecular flexibility index (Phi) is 4.52. The number of phenolic OH excluding ortho intramolecular Hbond substituents is 1. The summed E-state index contributed by atoms with van der Waals surface area (Å²) in [6.45, 7) is 4.46. The minimum Gasteiger partial charge on any atom is -0.508 e. The van der Waals surface area contributed by atoms with E-state index in [-0.39, 0.29) is 5.75 Å². The van der Waals surface area contributed by atoms with Gasteiger partial charge in [0.1, 0.15) is 5.75 Å². The summed E-state index contributed by atoms with van der Waals surface area (Å²) in [6, 6.07) is 7.03. The molecule has 1 N–H and O–H groups in total. The van der Waals surface area contributed by atoms with Crippen molar-refractivity contribution in [2.75, 3.05) is 44.7 Å². The van der Waals surface area contributed by atoms with Gasteiger partial charge in [0.25, 0.3) is 10.2 Å². The normalized spacial score (nSPS) is 17.6. The zero-order valence-electron chi connectivity index (χ0n) is 11.9. The molecule has 0 aliphatic carbocycles. The molecular formula is C13H21N3O3S. The van der Waals surface area contributed by atoms with Crippen LogP contribution in [0.25, 0.3) is 0 Å². The number of aromatic hydroxyl groups is 1. The van der Waals surface area contributed by atoms with E-state index in [1.165, 1.54) is 8.61 Å². The van der Waals surface area contributed by atoms with E-state index >= 15 is 0 Å². The first-order valence-corrected chi connectivity index (χ1v) is 8.10. The third-order valence-corrected chi connectivity index (χ3v) is 5.66. The van der Waals surface area contributed by atoms with Gasteiger partial charge in [-0.1, -0.05) is 13.0 Å². The Balaban J connectivity index is 2.03. The zero-order chi connectivity index (χ0) is 14.8. The third kappa shape index (κ3) is 3.05. The molecule has 2 rings (SSSR count). The van der Waals surface area contributed by atoms with Crippen LogP contribution < -0.4 is 4.90 Å². The fourth-order valence-electron chi connectivity index (χ4n) is 2.23. The lowest BCUT2D eigenvalue weighted by Crippen LogP contribution is -2.52. The third-order valence-electron chi connectivity index (χ3n) is 3.60. The van der Waals surface area contributed by atoms with Gasteiger partial charge >= 0.3 is 0 Å².